The minimum atomic E-state index is -0.138. The van der Waals surface area contributed by atoms with Gasteiger partial charge in [-0.3, -0.25) is 9.59 Å². The molecule has 6 heteroatoms. The zero-order valence-corrected chi connectivity index (χ0v) is 15.0. The third-order valence-electron chi connectivity index (χ3n) is 4.29. The number of anilines is 1. The lowest BCUT2D eigenvalue weighted by atomic mass is 9.88. The van der Waals surface area contributed by atoms with Crippen molar-refractivity contribution < 1.29 is 9.59 Å². The Morgan fingerprint density at radius 2 is 2.12 bits per heavy atom. The Labute approximate surface area is 145 Å². The van der Waals surface area contributed by atoms with Crippen LogP contribution >= 0.6 is 11.3 Å². The van der Waals surface area contributed by atoms with Gasteiger partial charge in [0.2, 0.25) is 0 Å². The van der Waals surface area contributed by atoms with Crippen LogP contribution in [0.3, 0.4) is 0 Å². The van der Waals surface area contributed by atoms with Crippen LogP contribution in [0.5, 0.6) is 0 Å². The van der Waals surface area contributed by atoms with Gasteiger partial charge >= 0.3 is 0 Å². The Hall–Kier alpha value is -2.34. The summed E-state index contributed by atoms with van der Waals surface area (Å²) in [5.74, 6) is -0.244. The molecule has 2 aromatic rings. The van der Waals surface area contributed by atoms with Gasteiger partial charge in [-0.15, -0.1) is 11.3 Å². The van der Waals surface area contributed by atoms with Crippen LogP contribution in [0, 0.1) is 5.41 Å². The summed E-state index contributed by atoms with van der Waals surface area (Å²) in [6.07, 6.45) is 3.61. The minimum absolute atomic E-state index is 0.0114. The Morgan fingerprint density at radius 1 is 1.38 bits per heavy atom. The van der Waals surface area contributed by atoms with Crippen LogP contribution in [0.4, 0.5) is 5.00 Å². The van der Waals surface area contributed by atoms with Gasteiger partial charge in [0.05, 0.1) is 10.5 Å². The molecule has 2 amide bonds. The van der Waals surface area contributed by atoms with Crippen LogP contribution in [0.1, 0.15) is 48.6 Å². The molecule has 2 aromatic heterocycles. The third-order valence-corrected chi connectivity index (χ3v) is 5.34. The van der Waals surface area contributed by atoms with E-state index < -0.39 is 0 Å². The minimum Gasteiger partial charge on any atom is -0.362 e. The summed E-state index contributed by atoms with van der Waals surface area (Å²) < 4.78 is 0. The summed E-state index contributed by atoms with van der Waals surface area (Å²) in [4.78, 5) is 28.3. The summed E-state index contributed by atoms with van der Waals surface area (Å²) in [5.41, 5.74) is 2.20. The lowest BCUT2D eigenvalue weighted by Crippen LogP contribution is -2.41. The average Bonchev–Trinajstić information content (AvgIpc) is 3.17. The number of carbonyl (C=O) groups excluding carboxylic acids is 2. The van der Waals surface area contributed by atoms with E-state index in [2.05, 4.69) is 36.4 Å². The van der Waals surface area contributed by atoms with Crippen LogP contribution in [-0.4, -0.2) is 22.8 Å². The van der Waals surface area contributed by atoms with Crippen molar-refractivity contribution >= 4 is 39.8 Å². The van der Waals surface area contributed by atoms with Gasteiger partial charge in [-0.25, -0.2) is 0 Å². The standard InChI is InChI=1S/C18H21N3O2S/c1-10(18(2,3)4)20-16(23)14-9-13-12(8-11-6-5-7-19-11)15(22)21-17(13)24-14/h5-10,19H,1-4H3,(H,20,23)(H,21,22)/b12-8+/t10-/m1/s1. The van der Waals surface area contributed by atoms with Gasteiger partial charge < -0.3 is 15.6 Å². The summed E-state index contributed by atoms with van der Waals surface area (Å²) in [6, 6.07) is 5.60. The number of amides is 2. The third kappa shape index (κ3) is 3.14. The number of nitrogens with one attached hydrogen (secondary N) is 3. The summed E-state index contributed by atoms with van der Waals surface area (Å²) >= 11 is 1.31. The van der Waals surface area contributed by atoms with Gasteiger partial charge in [0.1, 0.15) is 5.00 Å². The first-order valence-corrected chi connectivity index (χ1v) is 8.69. The van der Waals surface area contributed by atoms with Crippen LogP contribution in [0.25, 0.3) is 11.6 Å². The van der Waals surface area contributed by atoms with Crippen molar-refractivity contribution in [1.29, 1.82) is 0 Å². The highest BCUT2D eigenvalue weighted by molar-refractivity contribution is 7.18. The summed E-state index contributed by atoms with van der Waals surface area (Å²) in [6.45, 7) is 8.26. The van der Waals surface area contributed by atoms with Crippen molar-refractivity contribution in [2.45, 2.75) is 33.7 Å². The highest BCUT2D eigenvalue weighted by atomic mass is 32.1. The van der Waals surface area contributed by atoms with E-state index in [0.29, 0.717) is 10.5 Å². The maximum absolute atomic E-state index is 12.5. The predicted molar refractivity (Wildman–Crippen MR) is 98.0 cm³/mol. The van der Waals surface area contributed by atoms with Crippen LogP contribution in [-0.2, 0) is 4.79 Å². The van der Waals surface area contributed by atoms with Gasteiger partial charge in [0, 0.05) is 23.5 Å². The monoisotopic (exact) mass is 343 g/mol. The zero-order valence-electron chi connectivity index (χ0n) is 14.2. The molecule has 1 aliphatic rings. The molecular weight excluding hydrogens is 322 g/mol. The maximum atomic E-state index is 12.5. The smallest absolute Gasteiger partial charge is 0.261 e. The van der Waals surface area contributed by atoms with Crippen molar-refractivity contribution in [2.75, 3.05) is 5.32 Å². The molecule has 0 unspecified atom stereocenters. The molecule has 1 atom stereocenters. The van der Waals surface area contributed by atoms with Gasteiger partial charge in [-0.05, 0) is 36.6 Å². The molecule has 0 spiro atoms. The molecule has 3 heterocycles. The normalized spacial score (nSPS) is 16.8. The van der Waals surface area contributed by atoms with Crippen molar-refractivity contribution in [3.63, 3.8) is 0 Å². The quantitative estimate of drug-likeness (QED) is 0.743. The number of thiophene rings is 1. The largest absolute Gasteiger partial charge is 0.362 e. The van der Waals surface area contributed by atoms with Crippen molar-refractivity contribution in [3.8, 4) is 0 Å². The first-order chi connectivity index (χ1) is 11.3. The molecule has 0 fully saturated rings. The molecule has 0 radical (unpaired) electrons. The van der Waals surface area contributed by atoms with Gasteiger partial charge in [-0.2, -0.15) is 0 Å². The SMILES string of the molecule is C[C@@H](NC(=O)c1cc2c(s1)NC(=O)/C2=C/c1ccc[nH]1)C(C)(C)C. The molecule has 0 aliphatic carbocycles. The molecule has 0 saturated carbocycles. The van der Waals surface area contributed by atoms with Gasteiger partial charge in [-0.1, -0.05) is 20.8 Å². The van der Waals surface area contributed by atoms with E-state index in [1.807, 2.05) is 19.1 Å². The molecule has 0 bridgehead atoms. The van der Waals surface area contributed by atoms with E-state index in [1.54, 1.807) is 18.3 Å². The molecule has 126 valence electrons. The van der Waals surface area contributed by atoms with Crippen molar-refractivity contribution in [1.82, 2.24) is 10.3 Å². The molecule has 3 N–H and O–H groups in total. The number of hydrogen-bond donors (Lipinski definition) is 3. The number of H-pyrrole nitrogens is 1. The fourth-order valence-corrected chi connectivity index (χ4v) is 3.28. The lowest BCUT2D eigenvalue weighted by molar-refractivity contribution is -0.110. The van der Waals surface area contributed by atoms with Gasteiger partial charge in [0.15, 0.2) is 0 Å². The van der Waals surface area contributed by atoms with E-state index >= 15 is 0 Å². The molecule has 5 nitrogen and oxygen atoms in total. The molecule has 3 rings (SSSR count). The Kier molecular flexibility index (Phi) is 4.09. The van der Waals surface area contributed by atoms with E-state index in [9.17, 15) is 9.59 Å². The van der Waals surface area contributed by atoms with Crippen molar-refractivity contribution in [3.05, 3.63) is 40.5 Å². The Bertz CT molecular complexity index is 810. The number of fused-ring (bicyclic) bond motifs is 1. The number of aromatic nitrogens is 1. The fourth-order valence-electron chi connectivity index (χ4n) is 2.31. The molecule has 0 aromatic carbocycles. The summed E-state index contributed by atoms with van der Waals surface area (Å²) in [5, 5.41) is 6.59. The van der Waals surface area contributed by atoms with E-state index in [0.717, 1.165) is 16.3 Å². The van der Waals surface area contributed by atoms with Crippen LogP contribution < -0.4 is 10.6 Å². The summed E-state index contributed by atoms with van der Waals surface area (Å²) in [7, 11) is 0. The first-order valence-electron chi connectivity index (χ1n) is 7.87. The second-order valence-electron chi connectivity index (χ2n) is 7.05. The number of carbonyl (C=O) groups is 2. The van der Waals surface area contributed by atoms with E-state index in [4.69, 9.17) is 0 Å². The highest BCUT2D eigenvalue weighted by Gasteiger charge is 2.29. The molecule has 1 aliphatic heterocycles. The highest BCUT2D eigenvalue weighted by Crippen LogP contribution is 2.39. The number of rotatable bonds is 3. The van der Waals surface area contributed by atoms with E-state index in [1.165, 1.54) is 11.3 Å². The van der Waals surface area contributed by atoms with Crippen LogP contribution in [0.2, 0.25) is 0 Å². The predicted octanol–water partition coefficient (Wildman–Crippen LogP) is 3.73. The second kappa shape index (κ2) is 5.94. The zero-order chi connectivity index (χ0) is 17.5. The van der Waals surface area contributed by atoms with Crippen molar-refractivity contribution in [2.24, 2.45) is 5.41 Å². The number of hydrogen-bond acceptors (Lipinski definition) is 3. The molecule has 0 saturated heterocycles. The topological polar surface area (TPSA) is 74.0 Å². The molecule has 24 heavy (non-hydrogen) atoms. The Balaban J connectivity index is 1.85. The van der Waals surface area contributed by atoms with E-state index in [-0.39, 0.29) is 23.3 Å². The molecular formula is C18H21N3O2S. The number of aromatic amines is 1. The van der Waals surface area contributed by atoms with Crippen LogP contribution in [0.15, 0.2) is 24.4 Å². The lowest BCUT2D eigenvalue weighted by Gasteiger charge is -2.27. The fraction of sp³-hybridized carbons (Fsp3) is 0.333. The Morgan fingerprint density at radius 3 is 2.75 bits per heavy atom. The first kappa shape index (κ1) is 16.5. The maximum Gasteiger partial charge on any atom is 0.261 e. The average molecular weight is 343 g/mol. The second-order valence-corrected chi connectivity index (χ2v) is 8.10. The van der Waals surface area contributed by atoms with Gasteiger partial charge in [0.25, 0.3) is 11.8 Å².